The molecule has 0 aliphatic rings. The Morgan fingerprint density at radius 1 is 1.63 bits per heavy atom. The molecule has 104 valence electrons. The number of oxime groups is 1. The fourth-order valence-corrected chi connectivity index (χ4v) is 1.57. The van der Waals surface area contributed by atoms with E-state index in [-0.39, 0.29) is 30.2 Å². The Balaban J connectivity index is 3.06. The number of nitrogens with two attached hydrogens (primary N) is 1. The number of nitrogens with zero attached hydrogens (tertiary/aromatic N) is 3. The van der Waals surface area contributed by atoms with E-state index in [0.717, 1.165) is 0 Å². The Hall–Kier alpha value is -2.31. The van der Waals surface area contributed by atoms with Crippen molar-refractivity contribution in [2.24, 2.45) is 10.9 Å². The van der Waals surface area contributed by atoms with E-state index in [0.29, 0.717) is 5.56 Å². The second-order valence-electron chi connectivity index (χ2n) is 4.18. The minimum absolute atomic E-state index is 0.0328. The van der Waals surface area contributed by atoms with Crippen molar-refractivity contribution >= 4 is 11.7 Å². The van der Waals surface area contributed by atoms with Crippen LogP contribution >= 0.6 is 0 Å². The van der Waals surface area contributed by atoms with Gasteiger partial charge in [0.05, 0.1) is 13.7 Å². The highest BCUT2D eigenvalue weighted by Crippen LogP contribution is 2.17. The maximum absolute atomic E-state index is 12.4. The van der Waals surface area contributed by atoms with Crippen LogP contribution in [0.5, 0.6) is 5.88 Å². The fourth-order valence-electron chi connectivity index (χ4n) is 1.57. The molecule has 1 aromatic rings. The van der Waals surface area contributed by atoms with Crippen LogP contribution in [0.25, 0.3) is 0 Å². The summed E-state index contributed by atoms with van der Waals surface area (Å²) in [5, 5.41) is 11.5. The van der Waals surface area contributed by atoms with Crippen molar-refractivity contribution in [3.8, 4) is 5.88 Å². The van der Waals surface area contributed by atoms with Crippen LogP contribution in [0, 0.1) is 0 Å². The van der Waals surface area contributed by atoms with E-state index in [4.69, 9.17) is 15.7 Å². The Morgan fingerprint density at radius 2 is 2.32 bits per heavy atom. The molecular weight excluding hydrogens is 248 g/mol. The van der Waals surface area contributed by atoms with Crippen molar-refractivity contribution in [2.75, 3.05) is 13.7 Å². The summed E-state index contributed by atoms with van der Waals surface area (Å²) in [6.45, 7) is 3.71. The van der Waals surface area contributed by atoms with Gasteiger partial charge in [-0.1, -0.05) is 5.16 Å². The van der Waals surface area contributed by atoms with Crippen LogP contribution in [-0.4, -0.2) is 46.5 Å². The standard InChI is InChI=1S/C12H18N4O3/c1-8(2)16(7-10(13)15-18)12(17)9-5-4-6-14-11(9)19-3/h4-6,8,18H,7H2,1-3H3,(H2,13,15). The van der Waals surface area contributed by atoms with Gasteiger partial charge in [0.1, 0.15) is 5.56 Å². The largest absolute Gasteiger partial charge is 0.480 e. The van der Waals surface area contributed by atoms with Gasteiger partial charge in [-0.25, -0.2) is 4.98 Å². The lowest BCUT2D eigenvalue weighted by Crippen LogP contribution is -2.43. The van der Waals surface area contributed by atoms with Crippen molar-refractivity contribution < 1.29 is 14.7 Å². The Kier molecular flexibility index (Phi) is 5.11. The highest BCUT2D eigenvalue weighted by atomic mass is 16.5. The number of ether oxygens (including phenoxy) is 1. The van der Waals surface area contributed by atoms with Crippen LogP contribution in [0.15, 0.2) is 23.5 Å². The van der Waals surface area contributed by atoms with Crippen LogP contribution in [0.3, 0.4) is 0 Å². The maximum Gasteiger partial charge on any atom is 0.259 e. The van der Waals surface area contributed by atoms with Crippen molar-refractivity contribution in [3.63, 3.8) is 0 Å². The lowest BCUT2D eigenvalue weighted by Gasteiger charge is -2.26. The first-order chi connectivity index (χ1) is 9.01. The van der Waals surface area contributed by atoms with Gasteiger partial charge in [-0.05, 0) is 26.0 Å². The molecule has 0 bridgehead atoms. The number of amidine groups is 1. The number of carbonyl (C=O) groups is 1. The van der Waals surface area contributed by atoms with Gasteiger partial charge >= 0.3 is 0 Å². The number of methoxy groups -OCH3 is 1. The summed E-state index contributed by atoms with van der Waals surface area (Å²) in [6.07, 6.45) is 1.54. The zero-order chi connectivity index (χ0) is 14.4. The first kappa shape index (κ1) is 14.7. The molecule has 19 heavy (non-hydrogen) atoms. The number of carbonyl (C=O) groups excluding carboxylic acids is 1. The number of aromatic nitrogens is 1. The fraction of sp³-hybridized carbons (Fsp3) is 0.417. The Bertz CT molecular complexity index is 474. The van der Waals surface area contributed by atoms with Gasteiger partial charge in [-0.2, -0.15) is 0 Å². The van der Waals surface area contributed by atoms with E-state index in [1.54, 1.807) is 18.3 Å². The Labute approximate surface area is 111 Å². The van der Waals surface area contributed by atoms with E-state index in [1.165, 1.54) is 12.0 Å². The van der Waals surface area contributed by atoms with Gasteiger partial charge < -0.3 is 20.6 Å². The summed E-state index contributed by atoms with van der Waals surface area (Å²) < 4.78 is 5.06. The minimum atomic E-state index is -0.286. The third kappa shape index (κ3) is 3.57. The molecule has 1 heterocycles. The number of hydrogen-bond donors (Lipinski definition) is 2. The van der Waals surface area contributed by atoms with Crippen LogP contribution in [0.2, 0.25) is 0 Å². The molecule has 0 saturated carbocycles. The average molecular weight is 266 g/mol. The van der Waals surface area contributed by atoms with Gasteiger partial charge in [0.25, 0.3) is 5.91 Å². The molecule has 0 saturated heterocycles. The van der Waals surface area contributed by atoms with Crippen LogP contribution in [-0.2, 0) is 0 Å². The molecular formula is C12H18N4O3. The molecule has 3 N–H and O–H groups in total. The molecule has 7 nitrogen and oxygen atoms in total. The lowest BCUT2D eigenvalue weighted by atomic mass is 10.2. The first-order valence-corrected chi connectivity index (χ1v) is 5.77. The third-order valence-electron chi connectivity index (χ3n) is 2.54. The zero-order valence-electron chi connectivity index (χ0n) is 11.2. The van der Waals surface area contributed by atoms with Crippen molar-refractivity contribution in [2.45, 2.75) is 19.9 Å². The second-order valence-corrected chi connectivity index (χ2v) is 4.18. The smallest absolute Gasteiger partial charge is 0.259 e. The van der Waals surface area contributed by atoms with Crippen LogP contribution in [0.4, 0.5) is 0 Å². The summed E-state index contributed by atoms with van der Waals surface area (Å²) in [6, 6.07) is 3.16. The maximum atomic E-state index is 12.4. The lowest BCUT2D eigenvalue weighted by molar-refractivity contribution is 0.0730. The molecule has 0 aliphatic heterocycles. The number of rotatable bonds is 5. The van der Waals surface area contributed by atoms with E-state index in [2.05, 4.69) is 10.1 Å². The molecule has 0 spiro atoms. The Morgan fingerprint density at radius 3 is 2.84 bits per heavy atom. The van der Waals surface area contributed by atoms with E-state index in [1.807, 2.05) is 13.8 Å². The summed E-state index contributed by atoms with van der Waals surface area (Å²) in [5.41, 5.74) is 5.79. The molecule has 1 aromatic heterocycles. The highest BCUT2D eigenvalue weighted by Gasteiger charge is 2.23. The van der Waals surface area contributed by atoms with Crippen LogP contribution < -0.4 is 10.5 Å². The van der Waals surface area contributed by atoms with Gasteiger partial charge in [-0.15, -0.1) is 0 Å². The van der Waals surface area contributed by atoms with Gasteiger partial charge in [-0.3, -0.25) is 4.79 Å². The molecule has 0 unspecified atom stereocenters. The predicted octanol–water partition coefficient (Wildman–Crippen LogP) is 0.687. The van der Waals surface area contributed by atoms with Gasteiger partial charge in [0.15, 0.2) is 5.84 Å². The molecule has 0 fully saturated rings. The molecule has 1 rings (SSSR count). The summed E-state index contributed by atoms with van der Waals surface area (Å²) in [5.74, 6) is -0.0749. The molecule has 0 atom stereocenters. The second kappa shape index (κ2) is 6.58. The van der Waals surface area contributed by atoms with Crippen molar-refractivity contribution in [1.29, 1.82) is 0 Å². The highest BCUT2D eigenvalue weighted by molar-refractivity contribution is 5.98. The SMILES string of the molecule is COc1ncccc1C(=O)N(CC(N)=NO)C(C)C. The predicted molar refractivity (Wildman–Crippen MR) is 70.4 cm³/mol. The van der Waals surface area contributed by atoms with Crippen molar-refractivity contribution in [3.05, 3.63) is 23.9 Å². The third-order valence-corrected chi connectivity index (χ3v) is 2.54. The number of hydrogen-bond acceptors (Lipinski definition) is 5. The molecule has 0 aromatic carbocycles. The van der Waals surface area contributed by atoms with Crippen molar-refractivity contribution in [1.82, 2.24) is 9.88 Å². The molecule has 1 amide bonds. The van der Waals surface area contributed by atoms with Gasteiger partial charge in [0, 0.05) is 12.2 Å². The monoisotopic (exact) mass is 266 g/mol. The minimum Gasteiger partial charge on any atom is -0.480 e. The average Bonchev–Trinajstić information content (AvgIpc) is 2.43. The molecule has 0 aliphatic carbocycles. The van der Waals surface area contributed by atoms with Crippen LogP contribution in [0.1, 0.15) is 24.2 Å². The van der Waals surface area contributed by atoms with Gasteiger partial charge in [0.2, 0.25) is 5.88 Å². The molecule has 0 radical (unpaired) electrons. The van der Waals surface area contributed by atoms with E-state index >= 15 is 0 Å². The summed E-state index contributed by atoms with van der Waals surface area (Å²) in [7, 11) is 1.45. The zero-order valence-corrected chi connectivity index (χ0v) is 11.2. The molecule has 7 heteroatoms. The normalized spacial score (nSPS) is 11.5. The first-order valence-electron chi connectivity index (χ1n) is 5.77. The van der Waals surface area contributed by atoms with E-state index < -0.39 is 0 Å². The summed E-state index contributed by atoms with van der Waals surface area (Å²) >= 11 is 0. The van der Waals surface area contributed by atoms with E-state index in [9.17, 15) is 4.79 Å². The number of amides is 1. The number of pyridine rings is 1. The topological polar surface area (TPSA) is 101 Å². The summed E-state index contributed by atoms with van der Waals surface area (Å²) in [4.78, 5) is 17.9. The quantitative estimate of drug-likeness (QED) is 0.353.